The summed E-state index contributed by atoms with van der Waals surface area (Å²) in [6, 6.07) is -0.336. The Labute approximate surface area is 151 Å². The van der Waals surface area contributed by atoms with Crippen molar-refractivity contribution in [2.24, 2.45) is 10.2 Å². The van der Waals surface area contributed by atoms with Gasteiger partial charge in [-0.15, -0.1) is 0 Å². The Balaban J connectivity index is 4.28. The molecule has 0 spiro atoms. The van der Waals surface area contributed by atoms with Crippen molar-refractivity contribution in [3.05, 3.63) is 20.9 Å². The van der Waals surface area contributed by atoms with E-state index in [1.54, 1.807) is 14.2 Å². The van der Waals surface area contributed by atoms with Gasteiger partial charge in [-0.3, -0.25) is 0 Å². The molecule has 0 aromatic heterocycles. The lowest BCUT2D eigenvalue weighted by Gasteiger charge is -2.19. The van der Waals surface area contributed by atoms with Crippen LogP contribution in [0.2, 0.25) is 0 Å². The van der Waals surface area contributed by atoms with Gasteiger partial charge in [0.05, 0.1) is 0 Å². The smallest absolute Gasteiger partial charge is 0.156 e. The van der Waals surface area contributed by atoms with Crippen LogP contribution in [-0.2, 0) is 9.47 Å². The van der Waals surface area contributed by atoms with Crippen LogP contribution >= 0.6 is 0 Å². The molecule has 0 heterocycles. The van der Waals surface area contributed by atoms with E-state index in [1.165, 1.54) is 32.1 Å². The molecule has 8 nitrogen and oxygen atoms in total. The monoisotopic (exact) mass is 354 g/mol. The summed E-state index contributed by atoms with van der Waals surface area (Å²) in [4.78, 5) is 5.88. The minimum Gasteiger partial charge on any atom is -0.356 e. The molecule has 0 aliphatic rings. The third-order valence-electron chi connectivity index (χ3n) is 4.38. The normalized spacial score (nSPS) is 13.1. The van der Waals surface area contributed by atoms with Gasteiger partial charge in [-0.25, -0.2) is 0 Å². The fraction of sp³-hybridized carbons (Fsp3) is 1.00. The Bertz CT molecular complexity index is 404. The minimum absolute atomic E-state index is 0.125. The molecule has 0 aliphatic carbocycles. The van der Waals surface area contributed by atoms with Crippen LogP contribution < -0.4 is 0 Å². The van der Waals surface area contributed by atoms with Gasteiger partial charge in [-0.2, -0.15) is 0 Å². The fourth-order valence-corrected chi connectivity index (χ4v) is 2.90. The predicted octanol–water partition coefficient (Wildman–Crippen LogP) is 6.27. The van der Waals surface area contributed by atoms with Gasteiger partial charge >= 0.3 is 0 Å². The van der Waals surface area contributed by atoms with Crippen molar-refractivity contribution >= 4 is 0 Å². The van der Waals surface area contributed by atoms with Gasteiger partial charge in [0.25, 0.3) is 0 Å². The molecule has 0 radical (unpaired) electrons. The summed E-state index contributed by atoms with van der Waals surface area (Å²) in [7, 11) is 3.17. The summed E-state index contributed by atoms with van der Waals surface area (Å²) in [5.41, 5.74) is 17.6. The van der Waals surface area contributed by atoms with Gasteiger partial charge < -0.3 is 9.47 Å². The number of nitrogens with zero attached hydrogens (tertiary/aromatic N) is 6. The molecule has 0 saturated carbocycles. The summed E-state index contributed by atoms with van der Waals surface area (Å²) >= 11 is 0. The highest BCUT2D eigenvalue weighted by Gasteiger charge is 2.16. The molecule has 0 aromatic rings. The SMILES string of the molecule is CCCCCCCCC[C@H](C[C@H](CCC(OC)OC)N=[N+]=[N-])N=[N+]=[N-]. The minimum atomic E-state index is -0.308. The maximum absolute atomic E-state index is 8.79. The van der Waals surface area contributed by atoms with E-state index < -0.39 is 0 Å². The van der Waals surface area contributed by atoms with Gasteiger partial charge in [0, 0.05) is 36.1 Å². The molecule has 0 N–H and O–H groups in total. The molecule has 0 aromatic carbocycles. The van der Waals surface area contributed by atoms with Crippen LogP contribution in [0.4, 0.5) is 0 Å². The van der Waals surface area contributed by atoms with Crippen LogP contribution in [0.3, 0.4) is 0 Å². The van der Waals surface area contributed by atoms with Crippen LogP contribution in [0.15, 0.2) is 10.2 Å². The first-order valence-electron chi connectivity index (χ1n) is 9.35. The molecule has 0 saturated heterocycles. The summed E-state index contributed by atoms with van der Waals surface area (Å²) in [6.45, 7) is 2.21. The Morgan fingerprint density at radius 1 is 0.760 bits per heavy atom. The number of hydrogen-bond donors (Lipinski definition) is 0. The quantitative estimate of drug-likeness (QED) is 0.101. The number of hydrogen-bond acceptors (Lipinski definition) is 4. The van der Waals surface area contributed by atoms with E-state index in [2.05, 4.69) is 27.0 Å². The number of unbranched alkanes of at least 4 members (excludes halogenated alkanes) is 6. The zero-order chi connectivity index (χ0) is 18.8. The average Bonchev–Trinajstić information content (AvgIpc) is 2.62. The number of ether oxygens (including phenoxy) is 2. The molecule has 0 aliphatic heterocycles. The fourth-order valence-electron chi connectivity index (χ4n) is 2.90. The molecular formula is C17H34N6O2. The van der Waals surface area contributed by atoms with Crippen molar-refractivity contribution in [1.82, 2.24) is 0 Å². The number of methoxy groups -OCH3 is 2. The third kappa shape index (κ3) is 13.5. The van der Waals surface area contributed by atoms with Crippen LogP contribution in [-0.4, -0.2) is 32.6 Å². The van der Waals surface area contributed by atoms with E-state index in [-0.39, 0.29) is 18.4 Å². The zero-order valence-electron chi connectivity index (χ0n) is 16.0. The summed E-state index contributed by atoms with van der Waals surface area (Å²) in [5.74, 6) is 0. The highest BCUT2D eigenvalue weighted by atomic mass is 16.7. The van der Waals surface area contributed by atoms with E-state index >= 15 is 0 Å². The van der Waals surface area contributed by atoms with E-state index in [4.69, 9.17) is 20.5 Å². The Hall–Kier alpha value is -1.46. The van der Waals surface area contributed by atoms with E-state index in [0.717, 1.165) is 19.3 Å². The van der Waals surface area contributed by atoms with Crippen molar-refractivity contribution < 1.29 is 9.47 Å². The zero-order valence-corrected chi connectivity index (χ0v) is 16.0. The number of rotatable bonds is 17. The Kier molecular flexibility index (Phi) is 16.4. The van der Waals surface area contributed by atoms with Gasteiger partial charge in [-0.1, -0.05) is 62.1 Å². The highest BCUT2D eigenvalue weighted by molar-refractivity contribution is 4.77. The van der Waals surface area contributed by atoms with Crippen LogP contribution in [0.25, 0.3) is 20.9 Å². The van der Waals surface area contributed by atoms with Gasteiger partial charge in [0.15, 0.2) is 6.29 Å². The van der Waals surface area contributed by atoms with Gasteiger partial charge in [0.1, 0.15) is 0 Å². The molecule has 8 heteroatoms. The second kappa shape index (κ2) is 17.4. The van der Waals surface area contributed by atoms with Crippen LogP contribution in [0.5, 0.6) is 0 Å². The van der Waals surface area contributed by atoms with Crippen molar-refractivity contribution in [3.8, 4) is 0 Å². The topological polar surface area (TPSA) is 116 Å². The summed E-state index contributed by atoms with van der Waals surface area (Å²) in [6.07, 6.45) is 10.9. The second-order valence-corrected chi connectivity index (χ2v) is 6.34. The van der Waals surface area contributed by atoms with Gasteiger partial charge in [-0.05, 0) is 36.7 Å². The largest absolute Gasteiger partial charge is 0.356 e. The molecule has 0 bridgehead atoms. The Morgan fingerprint density at radius 3 is 1.80 bits per heavy atom. The molecular weight excluding hydrogens is 320 g/mol. The molecule has 25 heavy (non-hydrogen) atoms. The number of azide groups is 2. The highest BCUT2D eigenvalue weighted by Crippen LogP contribution is 2.19. The van der Waals surface area contributed by atoms with Crippen molar-refractivity contribution in [3.63, 3.8) is 0 Å². The van der Waals surface area contributed by atoms with Crippen LogP contribution in [0.1, 0.15) is 77.6 Å². The lowest BCUT2D eigenvalue weighted by molar-refractivity contribution is -0.107. The molecule has 0 rings (SSSR count). The third-order valence-corrected chi connectivity index (χ3v) is 4.38. The first-order chi connectivity index (χ1) is 12.2. The van der Waals surface area contributed by atoms with E-state index in [0.29, 0.717) is 19.3 Å². The predicted molar refractivity (Wildman–Crippen MR) is 100 cm³/mol. The standard InChI is InChI=1S/C17H34N6O2/c1-4-5-6-7-8-9-10-11-15(20-22-18)14-16(21-23-19)12-13-17(24-2)25-3/h15-17H,4-14H2,1-3H3/t15-,16+/m1/s1. The first-order valence-corrected chi connectivity index (χ1v) is 9.35. The van der Waals surface area contributed by atoms with E-state index in [9.17, 15) is 0 Å². The van der Waals surface area contributed by atoms with Crippen LogP contribution in [0, 0.1) is 0 Å². The second-order valence-electron chi connectivity index (χ2n) is 6.34. The summed E-state index contributed by atoms with van der Waals surface area (Å²) < 4.78 is 10.3. The first kappa shape index (κ1) is 23.5. The lowest BCUT2D eigenvalue weighted by Crippen LogP contribution is -2.19. The van der Waals surface area contributed by atoms with Gasteiger partial charge in [0.2, 0.25) is 0 Å². The molecule has 144 valence electrons. The van der Waals surface area contributed by atoms with Crippen molar-refractivity contribution in [1.29, 1.82) is 0 Å². The average molecular weight is 354 g/mol. The maximum atomic E-state index is 8.79. The van der Waals surface area contributed by atoms with E-state index in [1.807, 2.05) is 0 Å². The van der Waals surface area contributed by atoms with Crippen molar-refractivity contribution in [2.45, 2.75) is 95.9 Å². The molecule has 2 atom stereocenters. The molecule has 0 amide bonds. The summed E-state index contributed by atoms with van der Waals surface area (Å²) in [5, 5.41) is 7.75. The maximum Gasteiger partial charge on any atom is 0.156 e. The molecule has 0 fully saturated rings. The van der Waals surface area contributed by atoms with Crippen molar-refractivity contribution in [2.75, 3.05) is 14.2 Å². The lowest BCUT2D eigenvalue weighted by atomic mass is 9.98. The molecule has 0 unspecified atom stereocenters. The Morgan fingerprint density at radius 2 is 1.28 bits per heavy atom.